The van der Waals surface area contributed by atoms with Gasteiger partial charge in [-0.25, -0.2) is 9.35 Å². The van der Waals surface area contributed by atoms with E-state index in [0.29, 0.717) is 16.3 Å². The molecule has 0 saturated carbocycles. The fraction of sp³-hybridized carbons (Fsp3) is 0.143. The van der Waals surface area contributed by atoms with Crippen LogP contribution in [0.1, 0.15) is 5.56 Å². The third-order valence-corrected chi connectivity index (χ3v) is 2.58. The summed E-state index contributed by atoms with van der Waals surface area (Å²) in [5, 5.41) is 5.19. The van der Waals surface area contributed by atoms with Crippen molar-refractivity contribution in [3.8, 4) is 0 Å². The smallest absolute Gasteiger partial charge is 0.122 e. The van der Waals surface area contributed by atoms with Crippen LogP contribution in [-0.4, -0.2) is 4.21 Å². The van der Waals surface area contributed by atoms with Crippen molar-refractivity contribution in [2.75, 3.05) is 5.73 Å². The molecule has 4 N–H and O–H groups in total. The fourth-order valence-electron chi connectivity index (χ4n) is 0.844. The van der Waals surface area contributed by atoms with Crippen LogP contribution in [0.3, 0.4) is 0 Å². The van der Waals surface area contributed by atoms with Gasteiger partial charge in [-0.05, 0) is 23.8 Å². The second-order valence-electron chi connectivity index (χ2n) is 2.32. The Morgan fingerprint density at radius 1 is 1.50 bits per heavy atom. The zero-order valence-electron chi connectivity index (χ0n) is 6.36. The van der Waals surface area contributed by atoms with Gasteiger partial charge >= 0.3 is 0 Å². The Labute approximate surface area is 79.1 Å². The molecule has 0 aliphatic rings. The molecule has 0 spiro atoms. The Morgan fingerprint density at radius 3 is 2.67 bits per heavy atom. The Balaban J connectivity index is 3.13. The zero-order valence-corrected chi connectivity index (χ0v) is 8.07. The molecule has 1 atom stereocenters. The lowest BCUT2D eigenvalue weighted by Gasteiger charge is -2.03. The minimum atomic E-state index is -1.44. The minimum absolute atomic E-state index is 0.525. The fourth-order valence-corrected chi connectivity index (χ4v) is 1.58. The molecule has 0 amide bonds. The minimum Gasteiger partial charge on any atom is -0.398 e. The molecular weight excluding hydrogens is 192 g/mol. The second kappa shape index (κ2) is 3.93. The largest absolute Gasteiger partial charge is 0.398 e. The topological polar surface area (TPSA) is 69.1 Å². The monoisotopic (exact) mass is 202 g/mol. The average molecular weight is 202 g/mol. The summed E-state index contributed by atoms with van der Waals surface area (Å²) in [7, 11) is -1.44. The second-order valence-corrected chi connectivity index (χ2v) is 3.70. The highest BCUT2D eigenvalue weighted by atomic mass is 32.2. The molecule has 0 heterocycles. The van der Waals surface area contributed by atoms with E-state index in [9.17, 15) is 4.21 Å². The number of hydrogen-bond acceptors (Lipinski definition) is 3. The molecule has 1 aromatic rings. The van der Waals surface area contributed by atoms with Gasteiger partial charge in [-0.15, -0.1) is 0 Å². The van der Waals surface area contributed by atoms with Gasteiger partial charge in [0.2, 0.25) is 0 Å². The maximum Gasteiger partial charge on any atom is 0.122 e. The van der Waals surface area contributed by atoms with Crippen molar-refractivity contribution < 1.29 is 4.21 Å². The van der Waals surface area contributed by atoms with Gasteiger partial charge in [-0.3, -0.25) is 0 Å². The maximum atomic E-state index is 10.8. The summed E-state index contributed by atoms with van der Waals surface area (Å²) < 4.78 is 10.8. The lowest BCUT2D eigenvalue weighted by molar-refractivity contribution is 0.684. The first kappa shape index (κ1) is 9.57. The third kappa shape index (κ3) is 2.00. The van der Waals surface area contributed by atoms with E-state index in [2.05, 4.69) is 12.6 Å². The number of hydrogen-bond donors (Lipinski definition) is 3. The van der Waals surface area contributed by atoms with Crippen LogP contribution in [0, 0.1) is 0 Å². The molecule has 3 nitrogen and oxygen atoms in total. The quantitative estimate of drug-likeness (QED) is 0.487. The number of rotatable bonds is 2. The summed E-state index contributed by atoms with van der Waals surface area (Å²) in [6, 6.07) is 5.04. The number of benzene rings is 1. The van der Waals surface area contributed by atoms with Gasteiger partial charge in [0, 0.05) is 11.4 Å². The van der Waals surface area contributed by atoms with Crippen LogP contribution >= 0.6 is 12.6 Å². The first-order valence-electron chi connectivity index (χ1n) is 3.30. The van der Waals surface area contributed by atoms with E-state index in [0.717, 1.165) is 5.56 Å². The Bertz CT molecular complexity index is 314. The van der Waals surface area contributed by atoms with Gasteiger partial charge in [-0.2, -0.15) is 12.6 Å². The summed E-state index contributed by atoms with van der Waals surface area (Å²) in [6.07, 6.45) is 0. The number of nitrogens with two attached hydrogens (primary N) is 2. The number of anilines is 1. The van der Waals surface area contributed by atoms with E-state index in [1.54, 1.807) is 18.2 Å². The highest BCUT2D eigenvalue weighted by Gasteiger charge is 2.01. The van der Waals surface area contributed by atoms with Crippen LogP contribution in [0.4, 0.5) is 5.69 Å². The molecule has 0 fully saturated rings. The Hall–Kier alpha value is -0.520. The van der Waals surface area contributed by atoms with Crippen molar-refractivity contribution in [2.24, 2.45) is 5.14 Å². The van der Waals surface area contributed by atoms with Gasteiger partial charge in [0.05, 0.1) is 4.90 Å². The first-order chi connectivity index (χ1) is 5.65. The van der Waals surface area contributed by atoms with Crippen molar-refractivity contribution >= 4 is 29.3 Å². The normalized spacial score (nSPS) is 12.8. The van der Waals surface area contributed by atoms with E-state index in [1.807, 2.05) is 0 Å². The molecule has 66 valence electrons. The summed E-state index contributed by atoms with van der Waals surface area (Å²) in [4.78, 5) is 0.577. The van der Waals surface area contributed by atoms with Gasteiger partial charge in [0.1, 0.15) is 11.0 Å². The molecule has 0 saturated heterocycles. The van der Waals surface area contributed by atoms with Gasteiger partial charge in [0.25, 0.3) is 0 Å². The predicted molar refractivity (Wildman–Crippen MR) is 54.1 cm³/mol. The van der Waals surface area contributed by atoms with Crippen molar-refractivity contribution in [3.05, 3.63) is 23.8 Å². The molecule has 1 aromatic carbocycles. The first-order valence-corrected chi connectivity index (χ1v) is 5.15. The van der Waals surface area contributed by atoms with E-state index in [4.69, 9.17) is 10.9 Å². The van der Waals surface area contributed by atoms with Crippen LogP contribution in [-0.2, 0) is 16.7 Å². The van der Waals surface area contributed by atoms with Crippen molar-refractivity contribution in [1.29, 1.82) is 0 Å². The summed E-state index contributed by atoms with van der Waals surface area (Å²) in [5.74, 6) is 0.525. The van der Waals surface area contributed by atoms with Crippen molar-refractivity contribution in [1.82, 2.24) is 0 Å². The van der Waals surface area contributed by atoms with Crippen molar-refractivity contribution in [2.45, 2.75) is 10.6 Å². The molecule has 0 radical (unpaired) electrons. The Kier molecular flexibility index (Phi) is 3.13. The lowest BCUT2D eigenvalue weighted by Crippen LogP contribution is -2.04. The van der Waals surface area contributed by atoms with Crippen LogP contribution < -0.4 is 10.9 Å². The van der Waals surface area contributed by atoms with Crippen molar-refractivity contribution in [3.63, 3.8) is 0 Å². The van der Waals surface area contributed by atoms with E-state index in [1.165, 1.54) is 0 Å². The van der Waals surface area contributed by atoms with Gasteiger partial charge in [-0.1, -0.05) is 0 Å². The molecule has 0 bridgehead atoms. The highest BCUT2D eigenvalue weighted by molar-refractivity contribution is 7.82. The molecule has 12 heavy (non-hydrogen) atoms. The van der Waals surface area contributed by atoms with Crippen LogP contribution in [0.15, 0.2) is 23.1 Å². The molecule has 1 unspecified atom stereocenters. The summed E-state index contributed by atoms with van der Waals surface area (Å²) in [5.41, 5.74) is 7.12. The SMILES string of the molecule is Nc1ccc(S(N)=O)cc1CS. The molecule has 0 aliphatic carbocycles. The predicted octanol–water partition coefficient (Wildman–Crippen LogP) is 0.680. The van der Waals surface area contributed by atoms with Crippen LogP contribution in [0.2, 0.25) is 0 Å². The molecule has 1 rings (SSSR count). The molecular formula is C7H10N2OS2. The van der Waals surface area contributed by atoms with E-state index in [-0.39, 0.29) is 0 Å². The zero-order chi connectivity index (χ0) is 9.14. The van der Waals surface area contributed by atoms with Gasteiger partial charge in [0.15, 0.2) is 0 Å². The molecule has 5 heteroatoms. The number of nitrogen functional groups attached to an aromatic ring is 1. The standard InChI is InChI=1S/C7H10N2OS2/c8-7-2-1-6(12(9)10)3-5(7)4-11/h1-3,11H,4,8-9H2. The third-order valence-electron chi connectivity index (χ3n) is 1.52. The average Bonchev–Trinajstić information content (AvgIpc) is 2.05. The summed E-state index contributed by atoms with van der Waals surface area (Å²) in [6.45, 7) is 0. The maximum absolute atomic E-state index is 10.8. The molecule has 0 aliphatic heterocycles. The lowest BCUT2D eigenvalue weighted by atomic mass is 10.2. The summed E-state index contributed by atoms with van der Waals surface area (Å²) >= 11 is 4.08. The molecule has 0 aromatic heterocycles. The van der Waals surface area contributed by atoms with E-state index >= 15 is 0 Å². The van der Waals surface area contributed by atoms with Crippen LogP contribution in [0.25, 0.3) is 0 Å². The highest BCUT2D eigenvalue weighted by Crippen LogP contribution is 2.17. The van der Waals surface area contributed by atoms with Gasteiger partial charge < -0.3 is 5.73 Å². The van der Waals surface area contributed by atoms with Crippen LogP contribution in [0.5, 0.6) is 0 Å². The number of thiol groups is 1. The van der Waals surface area contributed by atoms with E-state index < -0.39 is 11.0 Å². The Morgan fingerprint density at radius 2 is 2.17 bits per heavy atom.